The summed E-state index contributed by atoms with van der Waals surface area (Å²) in [5.41, 5.74) is 1.18. The molecule has 3 aromatic rings. The Bertz CT molecular complexity index is 1150. The molecule has 0 spiro atoms. The molecule has 3 aromatic carbocycles. The van der Waals surface area contributed by atoms with E-state index in [4.69, 9.17) is 16.3 Å². The van der Waals surface area contributed by atoms with Crippen molar-refractivity contribution in [1.29, 1.82) is 0 Å². The second kappa shape index (κ2) is 8.55. The van der Waals surface area contributed by atoms with Crippen molar-refractivity contribution in [3.63, 3.8) is 0 Å². The van der Waals surface area contributed by atoms with Crippen molar-refractivity contribution in [3.8, 4) is 5.75 Å². The Labute approximate surface area is 174 Å². The fourth-order valence-electron chi connectivity index (χ4n) is 2.67. The minimum absolute atomic E-state index is 0.00160. The topological polar surface area (TPSA) is 75.7 Å². The van der Waals surface area contributed by atoms with Crippen LogP contribution in [0.2, 0.25) is 5.02 Å². The molecule has 0 saturated carbocycles. The van der Waals surface area contributed by atoms with Gasteiger partial charge in [0, 0.05) is 29.4 Å². The van der Waals surface area contributed by atoms with Crippen LogP contribution in [0.25, 0.3) is 0 Å². The van der Waals surface area contributed by atoms with Crippen LogP contribution >= 0.6 is 11.6 Å². The van der Waals surface area contributed by atoms with Crippen LogP contribution in [0.4, 0.5) is 11.4 Å². The first-order chi connectivity index (χ1) is 13.8. The maximum atomic E-state index is 13.0. The number of carbonyl (C=O) groups is 1. The minimum atomic E-state index is -3.87. The highest BCUT2D eigenvalue weighted by molar-refractivity contribution is 7.92. The number of anilines is 2. The number of halogens is 1. The number of amides is 1. The lowest BCUT2D eigenvalue weighted by Crippen LogP contribution is -2.26. The average molecular weight is 431 g/mol. The standard InChI is InChI=1S/C21H19ClN2O4S/c1-24(18-9-4-7-16(22)13-18)29(26,27)20-11-3-6-15(12-20)21(25)23-17-8-5-10-19(14-17)28-2/h3-14H,1-2H3,(H,23,25). The minimum Gasteiger partial charge on any atom is -0.497 e. The molecule has 0 bridgehead atoms. The molecule has 0 radical (unpaired) electrons. The summed E-state index contributed by atoms with van der Waals surface area (Å²) in [5, 5.41) is 3.16. The summed E-state index contributed by atoms with van der Waals surface area (Å²) in [6.45, 7) is 0. The Morgan fingerprint density at radius 1 is 1.00 bits per heavy atom. The van der Waals surface area contributed by atoms with Crippen LogP contribution in [0.3, 0.4) is 0 Å². The fraction of sp³-hybridized carbons (Fsp3) is 0.0952. The van der Waals surface area contributed by atoms with Crippen LogP contribution in [0.5, 0.6) is 5.75 Å². The van der Waals surface area contributed by atoms with Gasteiger partial charge in [0.2, 0.25) is 0 Å². The van der Waals surface area contributed by atoms with Gasteiger partial charge in [0.1, 0.15) is 5.75 Å². The van der Waals surface area contributed by atoms with E-state index in [1.165, 1.54) is 32.4 Å². The van der Waals surface area contributed by atoms with E-state index in [0.717, 1.165) is 4.31 Å². The van der Waals surface area contributed by atoms with E-state index < -0.39 is 15.9 Å². The predicted octanol–water partition coefficient (Wildman–Crippen LogP) is 4.43. The number of nitrogens with one attached hydrogen (secondary N) is 1. The van der Waals surface area contributed by atoms with E-state index in [1.807, 2.05) is 0 Å². The molecule has 8 heteroatoms. The van der Waals surface area contributed by atoms with E-state index in [-0.39, 0.29) is 10.5 Å². The molecule has 0 aliphatic heterocycles. The molecule has 0 unspecified atom stereocenters. The SMILES string of the molecule is COc1cccc(NC(=O)c2cccc(S(=O)(=O)N(C)c3cccc(Cl)c3)c2)c1. The predicted molar refractivity (Wildman–Crippen MR) is 114 cm³/mol. The Hall–Kier alpha value is -3.03. The molecule has 0 saturated heterocycles. The van der Waals surface area contributed by atoms with E-state index in [0.29, 0.717) is 22.1 Å². The molecule has 0 aromatic heterocycles. The lowest BCUT2D eigenvalue weighted by Gasteiger charge is -2.20. The molecule has 0 heterocycles. The largest absolute Gasteiger partial charge is 0.497 e. The van der Waals surface area contributed by atoms with Crippen LogP contribution in [-0.2, 0) is 10.0 Å². The van der Waals surface area contributed by atoms with Gasteiger partial charge in [0.25, 0.3) is 15.9 Å². The summed E-state index contributed by atoms with van der Waals surface area (Å²) in [6, 6.07) is 19.3. The summed E-state index contributed by atoms with van der Waals surface area (Å²) in [6.07, 6.45) is 0. The van der Waals surface area contributed by atoms with Crippen molar-refractivity contribution in [1.82, 2.24) is 0 Å². The highest BCUT2D eigenvalue weighted by Crippen LogP contribution is 2.25. The van der Waals surface area contributed by atoms with Crippen molar-refractivity contribution in [2.75, 3.05) is 23.8 Å². The number of nitrogens with zero attached hydrogens (tertiary/aromatic N) is 1. The number of hydrogen-bond donors (Lipinski definition) is 1. The van der Waals surface area contributed by atoms with E-state index >= 15 is 0 Å². The second-order valence-corrected chi connectivity index (χ2v) is 8.57. The van der Waals surface area contributed by atoms with Crippen LogP contribution in [0.15, 0.2) is 77.7 Å². The van der Waals surface area contributed by atoms with Crippen LogP contribution < -0.4 is 14.4 Å². The number of hydrogen-bond acceptors (Lipinski definition) is 4. The maximum absolute atomic E-state index is 13.0. The average Bonchev–Trinajstić information content (AvgIpc) is 2.73. The third-order valence-electron chi connectivity index (χ3n) is 4.25. The molecule has 1 amide bonds. The third kappa shape index (κ3) is 4.70. The lowest BCUT2D eigenvalue weighted by atomic mass is 10.2. The van der Waals surface area contributed by atoms with Crippen LogP contribution in [0.1, 0.15) is 10.4 Å². The number of carbonyl (C=O) groups excluding carboxylic acids is 1. The first kappa shape index (κ1) is 20.7. The quantitative estimate of drug-likeness (QED) is 0.627. The summed E-state index contributed by atoms with van der Waals surface area (Å²) < 4.78 is 32.3. The van der Waals surface area contributed by atoms with Gasteiger partial charge < -0.3 is 10.1 Å². The van der Waals surface area contributed by atoms with Gasteiger partial charge in [-0.3, -0.25) is 9.10 Å². The summed E-state index contributed by atoms with van der Waals surface area (Å²) in [7, 11) is -0.906. The molecule has 0 fully saturated rings. The highest BCUT2D eigenvalue weighted by Gasteiger charge is 2.22. The first-order valence-corrected chi connectivity index (χ1v) is 10.4. The molecule has 29 heavy (non-hydrogen) atoms. The molecular formula is C21H19ClN2O4S. The van der Waals surface area contributed by atoms with Gasteiger partial charge in [-0.2, -0.15) is 0 Å². The fourth-order valence-corrected chi connectivity index (χ4v) is 4.09. The third-order valence-corrected chi connectivity index (χ3v) is 6.27. The van der Waals surface area contributed by atoms with Gasteiger partial charge >= 0.3 is 0 Å². The number of ether oxygens (including phenoxy) is 1. The van der Waals surface area contributed by atoms with E-state index in [1.54, 1.807) is 54.6 Å². The number of sulfonamides is 1. The molecular weight excluding hydrogens is 412 g/mol. The Morgan fingerprint density at radius 2 is 1.72 bits per heavy atom. The first-order valence-electron chi connectivity index (χ1n) is 8.61. The molecule has 0 aliphatic carbocycles. The van der Waals surface area contributed by atoms with Gasteiger partial charge in [0.15, 0.2) is 0 Å². The molecule has 6 nitrogen and oxygen atoms in total. The Kier molecular flexibility index (Phi) is 6.10. The molecule has 1 N–H and O–H groups in total. The van der Waals surface area contributed by atoms with Crippen LogP contribution in [0, 0.1) is 0 Å². The second-order valence-electron chi connectivity index (χ2n) is 6.17. The highest BCUT2D eigenvalue weighted by atomic mass is 35.5. The molecule has 0 atom stereocenters. The van der Waals surface area contributed by atoms with Gasteiger partial charge in [-0.1, -0.05) is 29.8 Å². The zero-order chi connectivity index (χ0) is 21.0. The number of methoxy groups -OCH3 is 1. The van der Waals surface area contributed by atoms with Crippen LogP contribution in [-0.4, -0.2) is 28.5 Å². The van der Waals surface area contributed by atoms with Gasteiger partial charge in [-0.15, -0.1) is 0 Å². The number of benzene rings is 3. The van der Waals surface area contributed by atoms with Crippen molar-refractivity contribution in [2.24, 2.45) is 0 Å². The molecule has 3 rings (SSSR count). The molecule has 0 aliphatic rings. The Balaban J connectivity index is 1.87. The van der Waals surface area contributed by atoms with Crippen molar-refractivity contribution < 1.29 is 17.9 Å². The zero-order valence-electron chi connectivity index (χ0n) is 15.8. The van der Waals surface area contributed by atoms with E-state index in [9.17, 15) is 13.2 Å². The van der Waals surface area contributed by atoms with Crippen molar-refractivity contribution in [3.05, 3.63) is 83.4 Å². The number of rotatable bonds is 6. The normalized spacial score (nSPS) is 11.0. The summed E-state index contributed by atoms with van der Waals surface area (Å²) >= 11 is 5.97. The van der Waals surface area contributed by atoms with Crippen molar-refractivity contribution >= 4 is 38.9 Å². The van der Waals surface area contributed by atoms with Crippen molar-refractivity contribution in [2.45, 2.75) is 4.90 Å². The summed E-state index contributed by atoms with van der Waals surface area (Å²) in [4.78, 5) is 12.6. The summed E-state index contributed by atoms with van der Waals surface area (Å²) in [5.74, 6) is 0.169. The van der Waals surface area contributed by atoms with Gasteiger partial charge in [0.05, 0.1) is 17.7 Å². The monoisotopic (exact) mass is 430 g/mol. The smallest absolute Gasteiger partial charge is 0.264 e. The maximum Gasteiger partial charge on any atom is 0.264 e. The van der Waals surface area contributed by atoms with Gasteiger partial charge in [-0.25, -0.2) is 8.42 Å². The molecule has 150 valence electrons. The zero-order valence-corrected chi connectivity index (χ0v) is 17.4. The van der Waals surface area contributed by atoms with E-state index in [2.05, 4.69) is 5.32 Å². The Morgan fingerprint density at radius 3 is 2.45 bits per heavy atom. The lowest BCUT2D eigenvalue weighted by molar-refractivity contribution is 0.102. The van der Waals surface area contributed by atoms with Gasteiger partial charge in [-0.05, 0) is 48.5 Å².